The Morgan fingerprint density at radius 1 is 1.33 bits per heavy atom. The van der Waals surface area contributed by atoms with E-state index in [9.17, 15) is 4.39 Å². The molecule has 1 aliphatic heterocycles. The highest BCUT2D eigenvalue weighted by atomic mass is 79.9. The normalized spacial score (nSPS) is 20.8. The second-order valence-corrected chi connectivity index (χ2v) is 4.49. The highest BCUT2D eigenvalue weighted by Gasteiger charge is 2.20. The molecule has 2 rings (SSSR count). The zero-order chi connectivity index (χ0) is 9.97. The topological polar surface area (TPSA) is 12.0 Å². The molecule has 1 fully saturated rings. The summed E-state index contributed by atoms with van der Waals surface area (Å²) in [6, 6.07) is 5.33. The van der Waals surface area contributed by atoms with Gasteiger partial charge >= 0.3 is 0 Å². The minimum absolute atomic E-state index is 0. The predicted octanol–water partition coefficient (Wildman–Crippen LogP) is 3.82. The second-order valence-electron chi connectivity index (χ2n) is 3.64. The van der Waals surface area contributed by atoms with E-state index in [0.717, 1.165) is 23.0 Å². The monoisotopic (exact) mass is 293 g/mol. The van der Waals surface area contributed by atoms with E-state index in [1.807, 2.05) is 6.07 Å². The zero-order valence-corrected chi connectivity index (χ0v) is 10.7. The van der Waals surface area contributed by atoms with Crippen molar-refractivity contribution >= 4 is 28.3 Å². The molecule has 0 spiro atoms. The smallest absolute Gasteiger partial charge is 0.129 e. The summed E-state index contributed by atoms with van der Waals surface area (Å²) < 4.78 is 14.4. The first kappa shape index (κ1) is 12.9. The van der Waals surface area contributed by atoms with Crippen LogP contribution in [0.25, 0.3) is 0 Å². The highest BCUT2D eigenvalue weighted by molar-refractivity contribution is 9.10. The number of halogens is 3. The lowest BCUT2D eigenvalue weighted by molar-refractivity contribution is 0.398. The van der Waals surface area contributed by atoms with E-state index in [1.165, 1.54) is 18.9 Å². The zero-order valence-electron chi connectivity index (χ0n) is 8.30. The van der Waals surface area contributed by atoms with E-state index in [0.29, 0.717) is 0 Å². The lowest BCUT2D eigenvalue weighted by Crippen LogP contribution is -2.27. The van der Waals surface area contributed by atoms with Crippen LogP contribution < -0.4 is 5.32 Å². The molecule has 1 nitrogen and oxygen atoms in total. The molecule has 15 heavy (non-hydrogen) atoms. The number of benzene rings is 1. The first-order chi connectivity index (χ1) is 6.79. The van der Waals surface area contributed by atoms with Gasteiger partial charge in [0.15, 0.2) is 0 Å². The Bertz CT molecular complexity index is 306. The van der Waals surface area contributed by atoms with Gasteiger partial charge in [-0.1, -0.05) is 28.4 Å². The summed E-state index contributed by atoms with van der Waals surface area (Å²) in [6.45, 7) is 0.992. The number of rotatable bonds is 1. The predicted molar refractivity (Wildman–Crippen MR) is 65.9 cm³/mol. The van der Waals surface area contributed by atoms with Crippen molar-refractivity contribution in [3.8, 4) is 0 Å². The fourth-order valence-corrected chi connectivity index (χ4v) is 2.56. The Morgan fingerprint density at radius 2 is 2.13 bits per heavy atom. The fourth-order valence-electron chi connectivity index (χ4n) is 1.94. The van der Waals surface area contributed by atoms with Crippen molar-refractivity contribution in [3.63, 3.8) is 0 Å². The number of hydrogen-bond acceptors (Lipinski definition) is 1. The summed E-state index contributed by atoms with van der Waals surface area (Å²) in [4.78, 5) is 0. The quantitative estimate of drug-likeness (QED) is 0.830. The van der Waals surface area contributed by atoms with Gasteiger partial charge in [0.05, 0.1) is 0 Å². The Labute approximate surface area is 104 Å². The third kappa shape index (κ3) is 2.92. The summed E-state index contributed by atoms with van der Waals surface area (Å²) in [5.74, 6) is -0.112. The van der Waals surface area contributed by atoms with Crippen molar-refractivity contribution in [2.75, 3.05) is 6.54 Å². The molecule has 0 amide bonds. The molecule has 0 bridgehead atoms. The fraction of sp³-hybridized carbons (Fsp3) is 0.455. The van der Waals surface area contributed by atoms with Crippen molar-refractivity contribution in [3.05, 3.63) is 34.1 Å². The van der Waals surface area contributed by atoms with Crippen molar-refractivity contribution in [2.45, 2.75) is 25.3 Å². The third-order valence-corrected chi connectivity index (χ3v) is 3.35. The molecule has 4 heteroatoms. The molecule has 0 radical (unpaired) electrons. The molecule has 0 aromatic heterocycles. The van der Waals surface area contributed by atoms with E-state index < -0.39 is 0 Å². The van der Waals surface area contributed by atoms with E-state index in [2.05, 4.69) is 21.2 Å². The largest absolute Gasteiger partial charge is 0.310 e. The van der Waals surface area contributed by atoms with Crippen LogP contribution in [0.15, 0.2) is 22.7 Å². The van der Waals surface area contributed by atoms with E-state index in [1.54, 1.807) is 6.07 Å². The summed E-state index contributed by atoms with van der Waals surface area (Å²) >= 11 is 3.40. The molecule has 1 aromatic carbocycles. The van der Waals surface area contributed by atoms with Gasteiger partial charge in [-0.2, -0.15) is 0 Å². The maximum Gasteiger partial charge on any atom is 0.129 e. The van der Waals surface area contributed by atoms with E-state index >= 15 is 0 Å². The van der Waals surface area contributed by atoms with Gasteiger partial charge in [0.25, 0.3) is 0 Å². The minimum atomic E-state index is -0.112. The number of piperidine rings is 1. The minimum Gasteiger partial charge on any atom is -0.310 e. The summed E-state index contributed by atoms with van der Waals surface area (Å²) in [5, 5.41) is 3.35. The number of nitrogens with one attached hydrogen (secondary N) is 1. The van der Waals surface area contributed by atoms with E-state index in [-0.39, 0.29) is 24.3 Å². The molecule has 0 saturated carbocycles. The average Bonchev–Trinajstić information content (AvgIpc) is 2.19. The molecule has 1 aromatic rings. The molecule has 1 atom stereocenters. The van der Waals surface area contributed by atoms with Gasteiger partial charge in [-0.15, -0.1) is 12.4 Å². The molecule has 0 aliphatic carbocycles. The Hall–Kier alpha value is -0.120. The van der Waals surface area contributed by atoms with E-state index in [4.69, 9.17) is 0 Å². The molecule has 84 valence electrons. The molecular formula is C11H14BrClFN. The summed E-state index contributed by atoms with van der Waals surface area (Å²) in [7, 11) is 0. The van der Waals surface area contributed by atoms with Gasteiger partial charge in [0, 0.05) is 16.1 Å². The molecule has 1 N–H and O–H groups in total. The Morgan fingerprint density at radius 3 is 2.73 bits per heavy atom. The van der Waals surface area contributed by atoms with Crippen LogP contribution in [0.2, 0.25) is 0 Å². The lowest BCUT2D eigenvalue weighted by atomic mass is 9.97. The van der Waals surface area contributed by atoms with Crippen molar-refractivity contribution in [1.29, 1.82) is 0 Å². The van der Waals surface area contributed by atoms with Crippen molar-refractivity contribution < 1.29 is 4.39 Å². The molecule has 1 heterocycles. The van der Waals surface area contributed by atoms with Gasteiger partial charge in [-0.05, 0) is 31.5 Å². The lowest BCUT2D eigenvalue weighted by Gasteiger charge is -2.25. The van der Waals surface area contributed by atoms with Crippen LogP contribution in [0.1, 0.15) is 30.9 Å². The van der Waals surface area contributed by atoms with Gasteiger partial charge in [0.1, 0.15) is 5.82 Å². The maximum atomic E-state index is 13.6. The SMILES string of the molecule is Cl.Fc1cccc(Br)c1[C@@H]1CCCCN1. The highest BCUT2D eigenvalue weighted by Crippen LogP contribution is 2.30. The maximum absolute atomic E-state index is 13.6. The van der Waals surface area contributed by atoms with Gasteiger partial charge in [-0.25, -0.2) is 4.39 Å². The van der Waals surface area contributed by atoms with Crippen LogP contribution in [0.5, 0.6) is 0 Å². The molecule has 1 aliphatic rings. The molecule has 0 unspecified atom stereocenters. The first-order valence-electron chi connectivity index (χ1n) is 4.96. The Kier molecular flexibility index (Phi) is 5.03. The second kappa shape index (κ2) is 5.83. The average molecular weight is 295 g/mol. The summed E-state index contributed by atoms with van der Waals surface area (Å²) in [5.41, 5.74) is 0.784. The number of hydrogen-bond donors (Lipinski definition) is 1. The summed E-state index contributed by atoms with van der Waals surface area (Å²) in [6.07, 6.45) is 3.40. The molecular weight excluding hydrogens is 280 g/mol. The van der Waals surface area contributed by atoms with Crippen molar-refractivity contribution in [2.24, 2.45) is 0 Å². The van der Waals surface area contributed by atoms with Crippen LogP contribution in [0, 0.1) is 5.82 Å². The van der Waals surface area contributed by atoms with Crippen LogP contribution in [0.4, 0.5) is 4.39 Å². The third-order valence-electron chi connectivity index (χ3n) is 2.66. The van der Waals surface area contributed by atoms with Crippen LogP contribution in [-0.4, -0.2) is 6.54 Å². The molecule has 1 saturated heterocycles. The standard InChI is InChI=1S/C11H13BrFN.ClH/c12-8-4-3-5-9(13)11(8)10-6-1-2-7-14-10;/h3-5,10,14H,1-2,6-7H2;1H/t10-;/m0./s1. The van der Waals surface area contributed by atoms with Gasteiger partial charge in [-0.3, -0.25) is 0 Å². The van der Waals surface area contributed by atoms with Crippen LogP contribution >= 0.6 is 28.3 Å². The Balaban J connectivity index is 0.00000112. The van der Waals surface area contributed by atoms with Crippen molar-refractivity contribution in [1.82, 2.24) is 5.32 Å². The van der Waals surface area contributed by atoms with Crippen LogP contribution in [-0.2, 0) is 0 Å². The van der Waals surface area contributed by atoms with Crippen LogP contribution in [0.3, 0.4) is 0 Å². The van der Waals surface area contributed by atoms with Gasteiger partial charge < -0.3 is 5.32 Å². The first-order valence-corrected chi connectivity index (χ1v) is 5.75. The van der Waals surface area contributed by atoms with Gasteiger partial charge in [0.2, 0.25) is 0 Å².